The van der Waals surface area contributed by atoms with Crippen LogP contribution in [0.3, 0.4) is 0 Å². The molecule has 0 aliphatic carbocycles. The molecule has 1 aromatic heterocycles. The first-order valence-electron chi connectivity index (χ1n) is 5.44. The van der Waals surface area contributed by atoms with E-state index in [2.05, 4.69) is 0 Å². The van der Waals surface area contributed by atoms with Gasteiger partial charge < -0.3 is 4.74 Å². The molecule has 0 unspecified atom stereocenters. The second-order valence-electron chi connectivity index (χ2n) is 3.93. The SMILES string of the molecule is COCCN(C(C)C)S(=O)(=O)c1ccc(C#N)s1. The molecule has 0 bridgehead atoms. The molecule has 100 valence electrons. The Hall–Kier alpha value is -0.940. The second kappa shape index (κ2) is 6.29. The predicted octanol–water partition coefficient (Wildman–Crippen LogP) is 1.67. The van der Waals surface area contributed by atoms with Crippen molar-refractivity contribution < 1.29 is 13.2 Å². The normalized spacial score (nSPS) is 12.0. The molecule has 1 rings (SSSR count). The predicted molar refractivity (Wildman–Crippen MR) is 69.9 cm³/mol. The lowest BCUT2D eigenvalue weighted by Gasteiger charge is -2.24. The summed E-state index contributed by atoms with van der Waals surface area (Å²) in [6.07, 6.45) is 0. The highest BCUT2D eigenvalue weighted by Crippen LogP contribution is 2.25. The summed E-state index contributed by atoms with van der Waals surface area (Å²) in [5.74, 6) is 0. The van der Waals surface area contributed by atoms with Crippen LogP contribution in [0.25, 0.3) is 0 Å². The van der Waals surface area contributed by atoms with E-state index in [1.54, 1.807) is 0 Å². The Bertz CT molecular complexity index is 529. The summed E-state index contributed by atoms with van der Waals surface area (Å²) in [6.45, 7) is 4.27. The third kappa shape index (κ3) is 3.29. The molecule has 7 heteroatoms. The Morgan fingerprint density at radius 3 is 2.61 bits per heavy atom. The minimum absolute atomic E-state index is 0.155. The molecule has 1 aromatic rings. The molecular weight excluding hydrogens is 272 g/mol. The van der Waals surface area contributed by atoms with Crippen LogP contribution in [-0.2, 0) is 14.8 Å². The molecule has 5 nitrogen and oxygen atoms in total. The van der Waals surface area contributed by atoms with Crippen LogP contribution in [0.15, 0.2) is 16.3 Å². The molecule has 0 spiro atoms. The Morgan fingerprint density at radius 1 is 1.50 bits per heavy atom. The second-order valence-corrected chi connectivity index (χ2v) is 7.13. The Balaban J connectivity index is 3.05. The third-order valence-corrected chi connectivity index (χ3v) is 5.88. The van der Waals surface area contributed by atoms with Gasteiger partial charge in [-0.05, 0) is 26.0 Å². The number of nitrogens with zero attached hydrogens (tertiary/aromatic N) is 2. The highest BCUT2D eigenvalue weighted by Gasteiger charge is 2.28. The zero-order chi connectivity index (χ0) is 13.8. The lowest BCUT2D eigenvalue weighted by atomic mass is 10.4. The minimum Gasteiger partial charge on any atom is -0.383 e. The van der Waals surface area contributed by atoms with Crippen molar-refractivity contribution in [2.24, 2.45) is 0 Å². The molecule has 0 atom stereocenters. The fourth-order valence-corrected chi connectivity index (χ4v) is 4.33. The number of nitriles is 1. The highest BCUT2D eigenvalue weighted by atomic mass is 32.2. The van der Waals surface area contributed by atoms with Crippen molar-refractivity contribution in [1.29, 1.82) is 5.26 Å². The van der Waals surface area contributed by atoms with Gasteiger partial charge in [0, 0.05) is 19.7 Å². The Kier molecular flexibility index (Phi) is 5.28. The first kappa shape index (κ1) is 15.1. The van der Waals surface area contributed by atoms with Gasteiger partial charge in [0.25, 0.3) is 10.0 Å². The van der Waals surface area contributed by atoms with Crippen molar-refractivity contribution in [3.8, 4) is 6.07 Å². The monoisotopic (exact) mass is 288 g/mol. The standard InChI is InChI=1S/C11H16N2O3S2/c1-9(2)13(6-7-16-3)18(14,15)11-5-4-10(8-12)17-11/h4-5,9H,6-7H2,1-3H3. The topological polar surface area (TPSA) is 70.4 Å². The molecule has 0 aliphatic rings. The van der Waals surface area contributed by atoms with Crippen molar-refractivity contribution in [3.63, 3.8) is 0 Å². The van der Waals surface area contributed by atoms with Crippen LogP contribution in [0.2, 0.25) is 0 Å². The van der Waals surface area contributed by atoms with Crippen molar-refractivity contribution >= 4 is 21.4 Å². The van der Waals surface area contributed by atoms with Crippen molar-refractivity contribution in [2.75, 3.05) is 20.3 Å². The maximum atomic E-state index is 12.4. The van der Waals surface area contributed by atoms with Gasteiger partial charge in [-0.3, -0.25) is 0 Å². The van der Waals surface area contributed by atoms with E-state index in [0.717, 1.165) is 11.3 Å². The number of methoxy groups -OCH3 is 1. The van der Waals surface area contributed by atoms with Gasteiger partial charge in [-0.25, -0.2) is 8.42 Å². The summed E-state index contributed by atoms with van der Waals surface area (Å²) in [5, 5.41) is 8.74. The van der Waals surface area contributed by atoms with Gasteiger partial charge in [0.15, 0.2) is 0 Å². The van der Waals surface area contributed by atoms with E-state index in [-0.39, 0.29) is 10.3 Å². The first-order chi connectivity index (χ1) is 8.43. The minimum atomic E-state index is -3.54. The summed E-state index contributed by atoms with van der Waals surface area (Å²) in [6, 6.07) is 4.78. The van der Waals surface area contributed by atoms with Gasteiger partial charge >= 0.3 is 0 Å². The maximum Gasteiger partial charge on any atom is 0.252 e. The summed E-state index contributed by atoms with van der Waals surface area (Å²) in [5.41, 5.74) is 0. The molecular formula is C11H16N2O3S2. The quantitative estimate of drug-likeness (QED) is 0.798. The fraction of sp³-hybridized carbons (Fsp3) is 0.545. The van der Waals surface area contributed by atoms with Crippen LogP contribution in [0, 0.1) is 11.3 Å². The van der Waals surface area contributed by atoms with Crippen molar-refractivity contribution in [1.82, 2.24) is 4.31 Å². The summed E-state index contributed by atoms with van der Waals surface area (Å²) < 4.78 is 31.3. The highest BCUT2D eigenvalue weighted by molar-refractivity contribution is 7.91. The molecule has 1 heterocycles. The van der Waals surface area contributed by atoms with E-state index in [0.29, 0.717) is 18.0 Å². The molecule has 18 heavy (non-hydrogen) atoms. The van der Waals surface area contributed by atoms with Crippen molar-refractivity contribution in [3.05, 3.63) is 17.0 Å². The zero-order valence-electron chi connectivity index (χ0n) is 10.6. The lowest BCUT2D eigenvalue weighted by molar-refractivity contribution is 0.171. The summed E-state index contributed by atoms with van der Waals surface area (Å²) in [7, 11) is -2.01. The molecule has 0 aliphatic heterocycles. The number of hydrogen-bond donors (Lipinski definition) is 0. The van der Waals surface area contributed by atoms with E-state index < -0.39 is 10.0 Å². The fourth-order valence-electron chi connectivity index (χ4n) is 1.47. The lowest BCUT2D eigenvalue weighted by Crippen LogP contribution is -2.38. The molecule has 0 saturated heterocycles. The van der Waals surface area contributed by atoms with Crippen LogP contribution in [-0.4, -0.2) is 39.0 Å². The van der Waals surface area contributed by atoms with Crippen LogP contribution < -0.4 is 0 Å². The van der Waals surface area contributed by atoms with Gasteiger partial charge in [-0.1, -0.05) is 0 Å². The van der Waals surface area contributed by atoms with Crippen LogP contribution >= 0.6 is 11.3 Å². The number of sulfonamides is 1. The van der Waals surface area contributed by atoms with Gasteiger partial charge in [0.2, 0.25) is 0 Å². The average Bonchev–Trinajstić information content (AvgIpc) is 2.77. The Morgan fingerprint density at radius 2 is 2.17 bits per heavy atom. The largest absolute Gasteiger partial charge is 0.383 e. The molecule has 0 amide bonds. The van der Waals surface area contributed by atoms with Crippen molar-refractivity contribution in [2.45, 2.75) is 24.1 Å². The Labute approximate surface area is 112 Å². The van der Waals surface area contributed by atoms with Gasteiger partial charge in [0.1, 0.15) is 15.2 Å². The number of thiophene rings is 1. The van der Waals surface area contributed by atoms with Gasteiger partial charge in [-0.2, -0.15) is 9.57 Å². The molecule has 0 N–H and O–H groups in total. The van der Waals surface area contributed by atoms with E-state index in [4.69, 9.17) is 10.00 Å². The van der Waals surface area contributed by atoms with E-state index in [1.807, 2.05) is 19.9 Å². The van der Waals surface area contributed by atoms with E-state index in [1.165, 1.54) is 23.5 Å². The number of ether oxygens (including phenoxy) is 1. The number of hydrogen-bond acceptors (Lipinski definition) is 5. The number of rotatable bonds is 6. The van der Waals surface area contributed by atoms with Crippen LogP contribution in [0.1, 0.15) is 18.7 Å². The average molecular weight is 288 g/mol. The van der Waals surface area contributed by atoms with Gasteiger partial charge in [0.05, 0.1) is 6.61 Å². The van der Waals surface area contributed by atoms with Crippen LogP contribution in [0.4, 0.5) is 0 Å². The van der Waals surface area contributed by atoms with E-state index in [9.17, 15) is 8.42 Å². The maximum absolute atomic E-state index is 12.4. The first-order valence-corrected chi connectivity index (χ1v) is 7.70. The van der Waals surface area contributed by atoms with Crippen LogP contribution in [0.5, 0.6) is 0 Å². The third-order valence-electron chi connectivity index (χ3n) is 2.35. The van der Waals surface area contributed by atoms with E-state index >= 15 is 0 Å². The zero-order valence-corrected chi connectivity index (χ0v) is 12.2. The molecule has 0 radical (unpaired) electrons. The smallest absolute Gasteiger partial charge is 0.252 e. The summed E-state index contributed by atoms with van der Waals surface area (Å²) in [4.78, 5) is 0.393. The molecule has 0 saturated carbocycles. The molecule has 0 aromatic carbocycles. The molecule has 0 fully saturated rings. The van der Waals surface area contributed by atoms with Gasteiger partial charge in [-0.15, -0.1) is 11.3 Å². The summed E-state index contributed by atoms with van der Waals surface area (Å²) >= 11 is 0.987.